The van der Waals surface area contributed by atoms with Gasteiger partial charge in [-0.15, -0.1) is 0 Å². The van der Waals surface area contributed by atoms with Crippen molar-refractivity contribution in [2.75, 3.05) is 5.73 Å². The molecule has 1 amide bonds. The van der Waals surface area contributed by atoms with Crippen molar-refractivity contribution in [3.8, 4) is 0 Å². The first kappa shape index (κ1) is 18.6. The molecule has 1 aromatic carbocycles. The Morgan fingerprint density at radius 1 is 1.25 bits per heavy atom. The normalized spacial score (nSPS) is 12.8. The molecule has 1 rings (SSSR count). The third-order valence-corrected chi connectivity index (χ3v) is 2.98. The molecule has 0 saturated heterocycles. The monoisotopic (exact) mass is 308 g/mol. The maximum atomic E-state index is 12.6. The van der Waals surface area contributed by atoms with Gasteiger partial charge in [0, 0.05) is 11.7 Å². The van der Waals surface area contributed by atoms with Gasteiger partial charge in [0.05, 0.1) is 11.1 Å². The molecule has 0 aliphatic carbocycles. The maximum Gasteiger partial charge on any atom is 0.416 e. The van der Waals surface area contributed by atoms with Crippen LogP contribution >= 0.6 is 13.5 Å². The van der Waals surface area contributed by atoms with Gasteiger partial charge in [0.2, 0.25) is 0 Å². The van der Waals surface area contributed by atoms with Crippen molar-refractivity contribution in [3.05, 3.63) is 29.3 Å². The summed E-state index contributed by atoms with van der Waals surface area (Å²) in [7, 11) is 0. The summed E-state index contributed by atoms with van der Waals surface area (Å²) < 4.78 is 37.7. The highest BCUT2D eigenvalue weighted by Gasteiger charge is 2.31. The fourth-order valence-corrected chi connectivity index (χ4v) is 1.38. The van der Waals surface area contributed by atoms with E-state index >= 15 is 0 Å². The highest BCUT2D eigenvalue weighted by atomic mass is 32.1. The first-order valence-electron chi connectivity index (χ1n) is 5.90. The average molecular weight is 308 g/mol. The van der Waals surface area contributed by atoms with Crippen molar-refractivity contribution in [1.82, 2.24) is 5.32 Å². The Balaban J connectivity index is 0.00000361. The number of benzene rings is 1. The van der Waals surface area contributed by atoms with Crippen LogP contribution in [-0.4, -0.2) is 11.9 Å². The van der Waals surface area contributed by atoms with E-state index in [9.17, 15) is 18.0 Å². The number of nitrogens with two attached hydrogens (primary N) is 1. The molecule has 114 valence electrons. The summed E-state index contributed by atoms with van der Waals surface area (Å²) in [6.45, 7) is 5.59. The fraction of sp³-hybridized carbons (Fsp3) is 0.462. The van der Waals surface area contributed by atoms with E-state index in [1.54, 1.807) is 6.92 Å². The van der Waals surface area contributed by atoms with Gasteiger partial charge in [-0.2, -0.15) is 26.7 Å². The number of hydrogen-bond acceptors (Lipinski definition) is 2. The average Bonchev–Trinajstić information content (AvgIpc) is 2.27. The lowest BCUT2D eigenvalue weighted by atomic mass is 10.0. The second kappa shape index (κ2) is 6.88. The van der Waals surface area contributed by atoms with Gasteiger partial charge in [0.25, 0.3) is 5.91 Å². The zero-order valence-electron chi connectivity index (χ0n) is 11.5. The SMILES string of the molecule is CC(C)[C@H](C)NC(=O)c1cc(C(F)(F)F)ccc1N.S. The zero-order valence-corrected chi connectivity index (χ0v) is 12.5. The fourth-order valence-electron chi connectivity index (χ4n) is 1.38. The smallest absolute Gasteiger partial charge is 0.398 e. The van der Waals surface area contributed by atoms with Crippen LogP contribution in [0.3, 0.4) is 0 Å². The molecule has 0 aliphatic heterocycles. The topological polar surface area (TPSA) is 55.1 Å². The van der Waals surface area contributed by atoms with Crippen LogP contribution in [0.2, 0.25) is 0 Å². The Labute approximate surface area is 123 Å². The molecule has 0 spiro atoms. The number of carbonyl (C=O) groups is 1. The second-order valence-electron chi connectivity index (χ2n) is 4.81. The second-order valence-corrected chi connectivity index (χ2v) is 4.81. The summed E-state index contributed by atoms with van der Waals surface area (Å²) in [6, 6.07) is 2.58. The molecule has 3 nitrogen and oxygen atoms in total. The summed E-state index contributed by atoms with van der Waals surface area (Å²) >= 11 is 0. The van der Waals surface area contributed by atoms with Crippen LogP contribution in [0.1, 0.15) is 36.7 Å². The summed E-state index contributed by atoms with van der Waals surface area (Å²) in [6.07, 6.45) is -4.49. The van der Waals surface area contributed by atoms with Gasteiger partial charge in [0.15, 0.2) is 0 Å². The van der Waals surface area contributed by atoms with Gasteiger partial charge < -0.3 is 11.1 Å². The molecule has 1 atom stereocenters. The maximum absolute atomic E-state index is 12.6. The third-order valence-electron chi connectivity index (χ3n) is 2.98. The molecule has 20 heavy (non-hydrogen) atoms. The Morgan fingerprint density at radius 2 is 1.80 bits per heavy atom. The summed E-state index contributed by atoms with van der Waals surface area (Å²) in [5, 5.41) is 2.63. The van der Waals surface area contributed by atoms with E-state index in [0.29, 0.717) is 0 Å². The molecule has 0 radical (unpaired) electrons. The molecule has 0 bridgehead atoms. The highest BCUT2D eigenvalue weighted by Crippen LogP contribution is 2.31. The highest BCUT2D eigenvalue weighted by molar-refractivity contribution is 7.59. The van der Waals surface area contributed by atoms with Crippen LogP contribution in [0.4, 0.5) is 18.9 Å². The number of halogens is 3. The van der Waals surface area contributed by atoms with E-state index in [1.165, 1.54) is 0 Å². The minimum absolute atomic E-state index is 0. The minimum Gasteiger partial charge on any atom is -0.398 e. The quantitative estimate of drug-likeness (QED) is 0.843. The van der Waals surface area contributed by atoms with Crippen LogP contribution in [0.25, 0.3) is 0 Å². The molecule has 0 heterocycles. The molecule has 0 fully saturated rings. The van der Waals surface area contributed by atoms with Crippen LogP contribution in [-0.2, 0) is 6.18 Å². The standard InChI is InChI=1S/C13H17F3N2O.H2S/c1-7(2)8(3)18-12(19)10-6-9(13(14,15)16)4-5-11(10)17;/h4-8H,17H2,1-3H3,(H,18,19);1H2/t8-;/m0./s1. The van der Waals surface area contributed by atoms with Crippen molar-refractivity contribution in [3.63, 3.8) is 0 Å². The number of amides is 1. The van der Waals surface area contributed by atoms with Gasteiger partial charge in [0.1, 0.15) is 0 Å². The van der Waals surface area contributed by atoms with E-state index < -0.39 is 17.6 Å². The van der Waals surface area contributed by atoms with E-state index in [1.807, 2.05) is 13.8 Å². The summed E-state index contributed by atoms with van der Waals surface area (Å²) in [4.78, 5) is 11.9. The lowest BCUT2D eigenvalue weighted by molar-refractivity contribution is -0.137. The molecular formula is C13H19F3N2OS. The first-order valence-corrected chi connectivity index (χ1v) is 5.90. The number of hydrogen-bond donors (Lipinski definition) is 2. The molecule has 1 aromatic rings. The van der Waals surface area contributed by atoms with E-state index in [2.05, 4.69) is 5.32 Å². The van der Waals surface area contributed by atoms with Crippen molar-refractivity contribution in [2.24, 2.45) is 5.92 Å². The van der Waals surface area contributed by atoms with Gasteiger partial charge in [-0.1, -0.05) is 13.8 Å². The number of anilines is 1. The Kier molecular flexibility index (Phi) is 6.40. The van der Waals surface area contributed by atoms with Crippen LogP contribution in [0.5, 0.6) is 0 Å². The van der Waals surface area contributed by atoms with Crippen molar-refractivity contribution in [2.45, 2.75) is 33.0 Å². The number of alkyl halides is 3. The first-order chi connectivity index (χ1) is 8.62. The van der Waals surface area contributed by atoms with Gasteiger partial charge >= 0.3 is 6.18 Å². The molecule has 0 aliphatic rings. The van der Waals surface area contributed by atoms with Crippen LogP contribution in [0, 0.1) is 5.92 Å². The van der Waals surface area contributed by atoms with Crippen LogP contribution in [0.15, 0.2) is 18.2 Å². The molecule has 0 aromatic heterocycles. The molecule has 0 unspecified atom stereocenters. The van der Waals surface area contributed by atoms with Crippen molar-refractivity contribution in [1.29, 1.82) is 0 Å². The number of nitrogen functional groups attached to an aromatic ring is 1. The van der Waals surface area contributed by atoms with E-state index in [-0.39, 0.29) is 36.7 Å². The third kappa shape index (κ3) is 4.63. The van der Waals surface area contributed by atoms with Crippen molar-refractivity contribution >= 4 is 25.1 Å². The number of rotatable bonds is 3. The molecule has 3 N–H and O–H groups in total. The lowest BCUT2D eigenvalue weighted by Crippen LogP contribution is -2.36. The van der Waals surface area contributed by atoms with Gasteiger partial charge in [-0.25, -0.2) is 0 Å². The number of nitrogens with one attached hydrogen (secondary N) is 1. The largest absolute Gasteiger partial charge is 0.416 e. The zero-order chi connectivity index (χ0) is 14.8. The lowest BCUT2D eigenvalue weighted by Gasteiger charge is -2.18. The molecule has 0 saturated carbocycles. The van der Waals surface area contributed by atoms with Crippen molar-refractivity contribution < 1.29 is 18.0 Å². The number of carbonyl (C=O) groups excluding carboxylic acids is 1. The van der Waals surface area contributed by atoms with Crippen LogP contribution < -0.4 is 11.1 Å². The molecule has 7 heteroatoms. The van der Waals surface area contributed by atoms with Gasteiger partial charge in [-0.05, 0) is 31.0 Å². The Hall–Kier alpha value is -1.37. The minimum atomic E-state index is -4.49. The predicted octanol–water partition coefficient (Wildman–Crippen LogP) is 3.17. The van der Waals surface area contributed by atoms with E-state index in [0.717, 1.165) is 18.2 Å². The summed E-state index contributed by atoms with van der Waals surface area (Å²) in [5.41, 5.74) is 4.55. The predicted molar refractivity (Wildman–Crippen MR) is 78.0 cm³/mol. The van der Waals surface area contributed by atoms with Gasteiger partial charge in [-0.3, -0.25) is 4.79 Å². The van der Waals surface area contributed by atoms with E-state index in [4.69, 9.17) is 5.73 Å². The summed E-state index contributed by atoms with van der Waals surface area (Å²) in [5.74, 6) is -0.416. The molecular weight excluding hydrogens is 289 g/mol. The Morgan fingerprint density at radius 3 is 2.25 bits per heavy atom. The Bertz CT molecular complexity index is 475.